The molecular weight excluding hydrogens is 205 g/mol. The molecule has 0 aromatic heterocycles. The minimum Gasteiger partial charge on any atom is -0.381 e. The number of rotatable bonds is 4. The molecule has 0 fully saturated rings. The van der Waals surface area contributed by atoms with Crippen molar-refractivity contribution in [3.8, 4) is 0 Å². The lowest BCUT2D eigenvalue weighted by Crippen LogP contribution is -2.22. The highest BCUT2D eigenvalue weighted by Crippen LogP contribution is 2.07. The van der Waals surface area contributed by atoms with Crippen LogP contribution in [-0.2, 0) is 6.54 Å². The quantitative estimate of drug-likeness (QED) is 0.785. The number of benzene rings is 2. The standard InChI is InChI=1S/C15H18BN.H2/c1-16(2)14-10-8-13(9-11-14)12-17-15-6-4-3-5-7-15;/h3-11,17H,12H2,1-2H3;1H. The third kappa shape index (κ3) is 3.38. The Morgan fingerprint density at radius 3 is 2.18 bits per heavy atom. The third-order valence-electron chi connectivity index (χ3n) is 2.92. The van der Waals surface area contributed by atoms with Crippen molar-refractivity contribution >= 4 is 17.9 Å². The molecule has 2 rings (SSSR count). The Labute approximate surface area is 105 Å². The predicted octanol–water partition coefficient (Wildman–Crippen LogP) is 3.51. The smallest absolute Gasteiger partial charge is 0.169 e. The molecule has 0 aliphatic carbocycles. The van der Waals surface area contributed by atoms with Gasteiger partial charge in [-0.25, -0.2) is 0 Å². The van der Waals surface area contributed by atoms with E-state index in [9.17, 15) is 0 Å². The van der Waals surface area contributed by atoms with Gasteiger partial charge in [0.2, 0.25) is 0 Å². The second-order valence-electron chi connectivity index (χ2n) is 4.62. The molecular formula is C15H20BN. The normalized spacial score (nSPS) is 10.0. The van der Waals surface area contributed by atoms with Crippen molar-refractivity contribution in [1.29, 1.82) is 0 Å². The predicted molar refractivity (Wildman–Crippen MR) is 79.4 cm³/mol. The van der Waals surface area contributed by atoms with Crippen LogP contribution in [0.2, 0.25) is 13.6 Å². The summed E-state index contributed by atoms with van der Waals surface area (Å²) in [6.45, 7) is 5.92. The number of anilines is 1. The van der Waals surface area contributed by atoms with Gasteiger partial charge in [0.05, 0.1) is 0 Å². The number of hydrogen-bond acceptors (Lipinski definition) is 1. The Bertz CT molecular complexity index is 454. The second kappa shape index (κ2) is 5.58. The Hall–Kier alpha value is -1.70. The summed E-state index contributed by atoms with van der Waals surface area (Å²) in [5.74, 6) is 0. The molecule has 0 heterocycles. The Balaban J connectivity index is 0.00000162. The van der Waals surface area contributed by atoms with Crippen LogP contribution in [0.4, 0.5) is 5.69 Å². The molecule has 2 aromatic carbocycles. The fourth-order valence-electron chi connectivity index (χ4n) is 1.78. The molecule has 88 valence electrons. The van der Waals surface area contributed by atoms with Crippen molar-refractivity contribution in [1.82, 2.24) is 0 Å². The van der Waals surface area contributed by atoms with Gasteiger partial charge in [0.15, 0.2) is 6.71 Å². The Morgan fingerprint density at radius 1 is 0.941 bits per heavy atom. The van der Waals surface area contributed by atoms with E-state index in [4.69, 9.17) is 0 Å². The van der Waals surface area contributed by atoms with Gasteiger partial charge in [0, 0.05) is 13.7 Å². The maximum atomic E-state index is 3.41. The largest absolute Gasteiger partial charge is 0.381 e. The molecule has 2 heteroatoms. The average Bonchev–Trinajstić information content (AvgIpc) is 2.38. The van der Waals surface area contributed by atoms with Gasteiger partial charge in [-0.15, -0.1) is 0 Å². The van der Waals surface area contributed by atoms with E-state index in [0.717, 1.165) is 6.54 Å². The number of para-hydroxylation sites is 1. The van der Waals surface area contributed by atoms with E-state index in [2.05, 4.69) is 55.4 Å². The maximum Gasteiger partial charge on any atom is 0.169 e. The highest BCUT2D eigenvalue weighted by Gasteiger charge is 2.01. The average molecular weight is 225 g/mol. The van der Waals surface area contributed by atoms with Crippen molar-refractivity contribution in [2.45, 2.75) is 20.2 Å². The lowest BCUT2D eigenvalue weighted by Gasteiger charge is -2.08. The molecule has 2 aromatic rings. The van der Waals surface area contributed by atoms with Gasteiger partial charge in [-0.2, -0.15) is 0 Å². The SMILES string of the molecule is CB(C)c1ccc(CNc2ccccc2)cc1.[HH]. The van der Waals surface area contributed by atoms with E-state index in [1.165, 1.54) is 16.7 Å². The van der Waals surface area contributed by atoms with Crippen LogP contribution in [-0.4, -0.2) is 6.71 Å². The molecule has 17 heavy (non-hydrogen) atoms. The first kappa shape index (κ1) is 11.8. The van der Waals surface area contributed by atoms with Gasteiger partial charge >= 0.3 is 0 Å². The lowest BCUT2D eigenvalue weighted by molar-refractivity contribution is 1.15. The zero-order chi connectivity index (χ0) is 12.1. The van der Waals surface area contributed by atoms with E-state index in [0.29, 0.717) is 6.71 Å². The van der Waals surface area contributed by atoms with Crippen molar-refractivity contribution < 1.29 is 1.43 Å². The van der Waals surface area contributed by atoms with Gasteiger partial charge < -0.3 is 5.32 Å². The summed E-state index contributed by atoms with van der Waals surface area (Å²) in [6.07, 6.45) is 0. The summed E-state index contributed by atoms with van der Waals surface area (Å²) in [5.41, 5.74) is 3.88. The fraction of sp³-hybridized carbons (Fsp3) is 0.200. The van der Waals surface area contributed by atoms with Crippen LogP contribution in [0.3, 0.4) is 0 Å². The minimum atomic E-state index is 0. The van der Waals surface area contributed by atoms with Gasteiger partial charge in [0.1, 0.15) is 0 Å². The second-order valence-corrected chi connectivity index (χ2v) is 4.62. The zero-order valence-corrected chi connectivity index (χ0v) is 10.5. The first-order chi connectivity index (χ1) is 8.25. The first-order valence-corrected chi connectivity index (χ1v) is 6.13. The summed E-state index contributed by atoms with van der Waals surface area (Å²) in [4.78, 5) is 0. The van der Waals surface area contributed by atoms with Crippen molar-refractivity contribution in [3.63, 3.8) is 0 Å². The van der Waals surface area contributed by atoms with E-state index in [-0.39, 0.29) is 1.43 Å². The van der Waals surface area contributed by atoms with Gasteiger partial charge in [-0.3, -0.25) is 0 Å². The summed E-state index contributed by atoms with van der Waals surface area (Å²) >= 11 is 0. The van der Waals surface area contributed by atoms with Gasteiger partial charge in [-0.05, 0) is 17.7 Å². The van der Waals surface area contributed by atoms with Crippen molar-refractivity contribution in [2.24, 2.45) is 0 Å². The van der Waals surface area contributed by atoms with Gasteiger partial charge in [0.25, 0.3) is 0 Å². The van der Waals surface area contributed by atoms with Crippen LogP contribution in [0.15, 0.2) is 54.6 Å². The molecule has 0 bridgehead atoms. The van der Waals surface area contributed by atoms with Crippen LogP contribution in [0, 0.1) is 0 Å². The number of hydrogen-bond donors (Lipinski definition) is 1. The van der Waals surface area contributed by atoms with Crippen molar-refractivity contribution in [2.75, 3.05) is 5.32 Å². The molecule has 0 unspecified atom stereocenters. The maximum absolute atomic E-state index is 3.41. The molecule has 0 saturated heterocycles. The highest BCUT2D eigenvalue weighted by molar-refractivity contribution is 6.70. The molecule has 0 radical (unpaired) electrons. The Kier molecular flexibility index (Phi) is 3.87. The van der Waals surface area contributed by atoms with E-state index >= 15 is 0 Å². The van der Waals surface area contributed by atoms with E-state index < -0.39 is 0 Å². The molecule has 0 aliphatic heterocycles. The first-order valence-electron chi connectivity index (χ1n) is 6.13. The Morgan fingerprint density at radius 2 is 1.59 bits per heavy atom. The molecule has 0 amide bonds. The summed E-state index contributed by atoms with van der Waals surface area (Å²) in [7, 11) is 0. The summed E-state index contributed by atoms with van der Waals surface area (Å²) < 4.78 is 0. The van der Waals surface area contributed by atoms with Gasteiger partial charge in [-0.1, -0.05) is 61.6 Å². The van der Waals surface area contributed by atoms with Crippen LogP contribution >= 0.6 is 0 Å². The van der Waals surface area contributed by atoms with Crippen LogP contribution < -0.4 is 10.8 Å². The monoisotopic (exact) mass is 225 g/mol. The summed E-state index contributed by atoms with van der Waals surface area (Å²) in [5, 5.41) is 3.41. The van der Waals surface area contributed by atoms with Crippen LogP contribution in [0.1, 0.15) is 6.99 Å². The molecule has 0 aliphatic rings. The molecule has 0 spiro atoms. The van der Waals surface area contributed by atoms with Crippen LogP contribution in [0.5, 0.6) is 0 Å². The zero-order valence-electron chi connectivity index (χ0n) is 10.5. The third-order valence-corrected chi connectivity index (χ3v) is 2.92. The topological polar surface area (TPSA) is 12.0 Å². The summed E-state index contributed by atoms with van der Waals surface area (Å²) in [6, 6.07) is 19.1. The molecule has 1 nitrogen and oxygen atoms in total. The van der Waals surface area contributed by atoms with Crippen molar-refractivity contribution in [3.05, 3.63) is 60.2 Å². The fourth-order valence-corrected chi connectivity index (χ4v) is 1.78. The molecule has 1 N–H and O–H groups in total. The molecule has 0 atom stereocenters. The van der Waals surface area contributed by atoms with E-state index in [1.807, 2.05) is 18.2 Å². The molecule has 0 saturated carbocycles. The highest BCUT2D eigenvalue weighted by atomic mass is 14.9. The number of nitrogens with one attached hydrogen (secondary N) is 1. The van der Waals surface area contributed by atoms with Crippen LogP contribution in [0.25, 0.3) is 0 Å². The minimum absolute atomic E-state index is 0. The van der Waals surface area contributed by atoms with E-state index in [1.54, 1.807) is 0 Å². The lowest BCUT2D eigenvalue weighted by atomic mass is 9.49.